The molecule has 0 radical (unpaired) electrons. The van der Waals surface area contributed by atoms with Crippen LogP contribution in [0.4, 0.5) is 4.79 Å². The van der Waals surface area contributed by atoms with E-state index in [-0.39, 0.29) is 18.2 Å². The molecule has 2 unspecified atom stereocenters. The lowest BCUT2D eigenvalue weighted by atomic mass is 10.0. The molecule has 1 aromatic rings. The van der Waals surface area contributed by atoms with Crippen LogP contribution >= 0.6 is 11.3 Å². The summed E-state index contributed by atoms with van der Waals surface area (Å²) >= 11 is 1.62. The van der Waals surface area contributed by atoms with Gasteiger partial charge in [-0.2, -0.15) is 0 Å². The predicted molar refractivity (Wildman–Crippen MR) is 83.5 cm³/mol. The zero-order valence-corrected chi connectivity index (χ0v) is 13.9. The maximum atomic E-state index is 12.4. The lowest BCUT2D eigenvalue weighted by molar-refractivity contribution is -0.0380. The van der Waals surface area contributed by atoms with Gasteiger partial charge < -0.3 is 15.2 Å². The van der Waals surface area contributed by atoms with E-state index in [0.29, 0.717) is 19.8 Å². The first-order valence-electron chi connectivity index (χ1n) is 7.16. The molecule has 1 aromatic heterocycles. The molecule has 2 atom stereocenters. The monoisotopic (exact) mass is 312 g/mol. The van der Waals surface area contributed by atoms with Gasteiger partial charge >= 0.3 is 6.09 Å². The van der Waals surface area contributed by atoms with Gasteiger partial charge in [-0.05, 0) is 44.7 Å². The molecule has 0 spiro atoms. The van der Waals surface area contributed by atoms with E-state index >= 15 is 0 Å². The van der Waals surface area contributed by atoms with Crippen LogP contribution in [0.5, 0.6) is 0 Å². The Morgan fingerprint density at radius 2 is 2.29 bits per heavy atom. The fourth-order valence-electron chi connectivity index (χ4n) is 2.37. The minimum atomic E-state index is -0.511. The SMILES string of the molecule is Cc1ccsc1C(N)C1COCCN1C(=O)OC(C)(C)C. The number of hydrogen-bond donors (Lipinski definition) is 1. The van der Waals surface area contributed by atoms with Crippen LogP contribution in [-0.4, -0.2) is 42.4 Å². The summed E-state index contributed by atoms with van der Waals surface area (Å²) in [5, 5.41) is 2.02. The molecule has 5 nitrogen and oxygen atoms in total. The van der Waals surface area contributed by atoms with Crippen LogP contribution in [0.1, 0.15) is 37.3 Å². The summed E-state index contributed by atoms with van der Waals surface area (Å²) in [6.45, 7) is 9.10. The van der Waals surface area contributed by atoms with Crippen molar-refractivity contribution in [2.45, 2.75) is 45.4 Å². The normalized spacial score (nSPS) is 21.2. The molecule has 0 aliphatic carbocycles. The van der Waals surface area contributed by atoms with E-state index in [1.807, 2.05) is 39.1 Å². The van der Waals surface area contributed by atoms with Gasteiger partial charge in [-0.25, -0.2) is 4.79 Å². The zero-order valence-electron chi connectivity index (χ0n) is 13.1. The number of carbonyl (C=O) groups is 1. The van der Waals surface area contributed by atoms with Crippen molar-refractivity contribution in [1.82, 2.24) is 4.90 Å². The maximum absolute atomic E-state index is 12.4. The van der Waals surface area contributed by atoms with Gasteiger partial charge in [0, 0.05) is 11.4 Å². The molecule has 1 aliphatic rings. The molecule has 1 aliphatic heterocycles. The van der Waals surface area contributed by atoms with Gasteiger partial charge in [0.05, 0.1) is 25.3 Å². The summed E-state index contributed by atoms with van der Waals surface area (Å²) in [7, 11) is 0. The minimum Gasteiger partial charge on any atom is -0.444 e. The average molecular weight is 312 g/mol. The third-order valence-corrected chi connectivity index (χ3v) is 4.53. The smallest absolute Gasteiger partial charge is 0.410 e. The third-order valence-electron chi connectivity index (χ3n) is 3.41. The summed E-state index contributed by atoms with van der Waals surface area (Å²) in [6.07, 6.45) is -0.319. The fourth-order valence-corrected chi connectivity index (χ4v) is 3.36. The topological polar surface area (TPSA) is 64.8 Å². The van der Waals surface area contributed by atoms with Gasteiger partial charge in [-0.1, -0.05) is 0 Å². The van der Waals surface area contributed by atoms with Gasteiger partial charge in [0.1, 0.15) is 5.60 Å². The van der Waals surface area contributed by atoms with E-state index in [1.54, 1.807) is 16.2 Å². The summed E-state index contributed by atoms with van der Waals surface area (Å²) in [5.41, 5.74) is 7.03. The number of rotatable bonds is 2. The van der Waals surface area contributed by atoms with E-state index in [1.165, 1.54) is 0 Å². The third kappa shape index (κ3) is 3.96. The van der Waals surface area contributed by atoms with Gasteiger partial charge in [0.15, 0.2) is 0 Å². The van der Waals surface area contributed by atoms with E-state index in [2.05, 4.69) is 0 Å². The molecule has 21 heavy (non-hydrogen) atoms. The van der Waals surface area contributed by atoms with Crippen LogP contribution in [0.25, 0.3) is 0 Å². The van der Waals surface area contributed by atoms with Crippen LogP contribution in [0, 0.1) is 6.92 Å². The Balaban J connectivity index is 2.15. The first-order valence-corrected chi connectivity index (χ1v) is 8.04. The first kappa shape index (κ1) is 16.3. The number of amides is 1. The van der Waals surface area contributed by atoms with E-state index in [4.69, 9.17) is 15.2 Å². The fraction of sp³-hybridized carbons (Fsp3) is 0.667. The Kier molecular flexibility index (Phi) is 4.91. The number of aryl methyl sites for hydroxylation is 1. The maximum Gasteiger partial charge on any atom is 0.410 e. The van der Waals surface area contributed by atoms with Crippen LogP contribution in [-0.2, 0) is 9.47 Å². The molecule has 118 valence electrons. The second kappa shape index (κ2) is 6.34. The van der Waals surface area contributed by atoms with Gasteiger partial charge in [0.25, 0.3) is 0 Å². The Morgan fingerprint density at radius 3 is 2.86 bits per heavy atom. The van der Waals surface area contributed by atoms with E-state index in [9.17, 15) is 4.79 Å². The predicted octanol–water partition coefficient (Wildman–Crippen LogP) is 2.69. The van der Waals surface area contributed by atoms with Gasteiger partial charge in [0.2, 0.25) is 0 Å². The molecule has 2 heterocycles. The molecule has 2 rings (SSSR count). The summed E-state index contributed by atoms with van der Waals surface area (Å²) in [6, 6.07) is 1.60. The minimum absolute atomic E-state index is 0.189. The number of morpholine rings is 1. The highest BCUT2D eigenvalue weighted by atomic mass is 32.1. The van der Waals surface area contributed by atoms with Crippen molar-refractivity contribution >= 4 is 17.4 Å². The molecule has 1 fully saturated rings. The molecule has 1 saturated heterocycles. The number of hydrogen-bond acceptors (Lipinski definition) is 5. The lowest BCUT2D eigenvalue weighted by Crippen LogP contribution is -2.54. The molecule has 0 saturated carbocycles. The van der Waals surface area contributed by atoms with Crippen LogP contribution in [0.3, 0.4) is 0 Å². The second-order valence-corrected chi connectivity index (χ2v) is 7.26. The van der Waals surface area contributed by atoms with Crippen molar-refractivity contribution in [2.75, 3.05) is 19.8 Å². The van der Waals surface area contributed by atoms with Gasteiger partial charge in [-0.15, -0.1) is 11.3 Å². The Bertz CT molecular complexity index is 495. The quantitative estimate of drug-likeness (QED) is 0.912. The van der Waals surface area contributed by atoms with Crippen LogP contribution in [0.2, 0.25) is 0 Å². The van der Waals surface area contributed by atoms with Gasteiger partial charge in [-0.3, -0.25) is 4.90 Å². The summed E-state index contributed by atoms with van der Waals surface area (Å²) < 4.78 is 11.0. The number of thiophene rings is 1. The Hall–Kier alpha value is -1.11. The summed E-state index contributed by atoms with van der Waals surface area (Å²) in [4.78, 5) is 15.2. The highest BCUT2D eigenvalue weighted by molar-refractivity contribution is 7.10. The summed E-state index contributed by atoms with van der Waals surface area (Å²) in [5.74, 6) is 0. The van der Waals surface area contributed by atoms with Crippen molar-refractivity contribution in [3.05, 3.63) is 21.9 Å². The lowest BCUT2D eigenvalue weighted by Gasteiger charge is -2.39. The van der Waals surface area contributed by atoms with Crippen molar-refractivity contribution in [3.8, 4) is 0 Å². The number of nitrogens with zero attached hydrogens (tertiary/aromatic N) is 1. The van der Waals surface area contributed by atoms with Crippen LogP contribution in [0.15, 0.2) is 11.4 Å². The van der Waals surface area contributed by atoms with Crippen molar-refractivity contribution in [1.29, 1.82) is 0 Å². The molecule has 6 heteroatoms. The first-order chi connectivity index (χ1) is 9.79. The molecule has 0 aromatic carbocycles. The van der Waals surface area contributed by atoms with Crippen molar-refractivity contribution < 1.29 is 14.3 Å². The standard InChI is InChI=1S/C15H24N2O3S/c1-10-5-8-21-13(10)12(16)11-9-19-7-6-17(11)14(18)20-15(2,3)4/h5,8,11-12H,6-7,9,16H2,1-4H3. The largest absolute Gasteiger partial charge is 0.444 e. The highest BCUT2D eigenvalue weighted by Crippen LogP contribution is 2.29. The zero-order chi connectivity index (χ0) is 15.6. The Labute approximate surface area is 130 Å². The number of nitrogens with two attached hydrogens (primary N) is 1. The van der Waals surface area contributed by atoms with E-state index < -0.39 is 5.60 Å². The number of carbonyl (C=O) groups excluding carboxylic acids is 1. The molecular formula is C15H24N2O3S. The molecule has 2 N–H and O–H groups in total. The molecule has 1 amide bonds. The van der Waals surface area contributed by atoms with Crippen molar-refractivity contribution in [2.24, 2.45) is 5.73 Å². The second-order valence-electron chi connectivity index (χ2n) is 6.31. The Morgan fingerprint density at radius 1 is 1.57 bits per heavy atom. The average Bonchev–Trinajstić information content (AvgIpc) is 2.82. The highest BCUT2D eigenvalue weighted by Gasteiger charge is 2.36. The molecule has 0 bridgehead atoms. The number of ether oxygens (including phenoxy) is 2. The van der Waals surface area contributed by atoms with Crippen LogP contribution < -0.4 is 5.73 Å². The molecular weight excluding hydrogens is 288 g/mol. The van der Waals surface area contributed by atoms with E-state index in [0.717, 1.165) is 10.4 Å². The van der Waals surface area contributed by atoms with Crippen molar-refractivity contribution in [3.63, 3.8) is 0 Å².